The standard InChI is InChI=1S/C16H22N4O3/c1-16(2,3)23-15(22)19-8-5-4-6-12(19)11-10-13-17-14(21)7-9-20(13)18-11/h7,9-10,12H,4-6,8H2,1-3H3,(H,17,21). The van der Waals surface area contributed by atoms with E-state index in [1.165, 1.54) is 6.07 Å². The van der Waals surface area contributed by atoms with Gasteiger partial charge in [0.2, 0.25) is 0 Å². The molecule has 0 bridgehead atoms. The van der Waals surface area contributed by atoms with Gasteiger partial charge >= 0.3 is 6.09 Å². The fourth-order valence-electron chi connectivity index (χ4n) is 2.87. The number of nitrogens with zero attached hydrogens (tertiary/aromatic N) is 3. The van der Waals surface area contributed by atoms with Crippen LogP contribution in [-0.2, 0) is 4.74 Å². The first-order valence-corrected chi connectivity index (χ1v) is 7.92. The Kier molecular flexibility index (Phi) is 3.87. The Morgan fingerprint density at radius 2 is 2.17 bits per heavy atom. The lowest BCUT2D eigenvalue weighted by Crippen LogP contribution is -2.42. The molecule has 7 nitrogen and oxygen atoms in total. The molecular formula is C16H22N4O3. The van der Waals surface area contributed by atoms with E-state index in [2.05, 4.69) is 10.1 Å². The second kappa shape index (κ2) is 5.72. The molecule has 7 heteroatoms. The number of carbonyl (C=O) groups excluding carboxylic acids is 1. The van der Waals surface area contributed by atoms with E-state index in [0.717, 1.165) is 25.0 Å². The Balaban J connectivity index is 1.90. The van der Waals surface area contributed by atoms with Gasteiger partial charge < -0.3 is 9.72 Å². The number of ether oxygens (including phenoxy) is 1. The molecule has 0 aliphatic carbocycles. The van der Waals surface area contributed by atoms with E-state index in [1.807, 2.05) is 26.8 Å². The van der Waals surface area contributed by atoms with E-state index in [0.29, 0.717) is 12.2 Å². The van der Waals surface area contributed by atoms with Crippen molar-refractivity contribution in [1.29, 1.82) is 0 Å². The lowest BCUT2D eigenvalue weighted by atomic mass is 10.00. The summed E-state index contributed by atoms with van der Waals surface area (Å²) in [5.74, 6) is 0. The first-order chi connectivity index (χ1) is 10.8. The fraction of sp³-hybridized carbons (Fsp3) is 0.562. The molecule has 1 atom stereocenters. The summed E-state index contributed by atoms with van der Waals surface area (Å²) < 4.78 is 7.14. The van der Waals surface area contributed by atoms with Crippen molar-refractivity contribution in [3.63, 3.8) is 0 Å². The molecule has 1 amide bonds. The fourth-order valence-corrected chi connectivity index (χ4v) is 2.87. The smallest absolute Gasteiger partial charge is 0.410 e. The Morgan fingerprint density at radius 1 is 1.39 bits per heavy atom. The molecular weight excluding hydrogens is 296 g/mol. The summed E-state index contributed by atoms with van der Waals surface area (Å²) in [4.78, 5) is 28.4. The minimum atomic E-state index is -0.525. The first kappa shape index (κ1) is 15.6. The van der Waals surface area contributed by atoms with Crippen LogP contribution in [0.2, 0.25) is 0 Å². The number of nitrogens with one attached hydrogen (secondary N) is 1. The highest BCUT2D eigenvalue weighted by Gasteiger charge is 2.32. The zero-order valence-corrected chi connectivity index (χ0v) is 13.7. The van der Waals surface area contributed by atoms with Crippen LogP contribution >= 0.6 is 0 Å². The van der Waals surface area contributed by atoms with Crippen molar-refractivity contribution < 1.29 is 9.53 Å². The predicted molar refractivity (Wildman–Crippen MR) is 85.3 cm³/mol. The number of carbonyl (C=O) groups is 1. The molecule has 3 heterocycles. The lowest BCUT2D eigenvalue weighted by molar-refractivity contribution is 0.00898. The molecule has 0 spiro atoms. The molecule has 3 rings (SSSR count). The van der Waals surface area contributed by atoms with Gasteiger partial charge in [-0.3, -0.25) is 9.69 Å². The van der Waals surface area contributed by atoms with E-state index >= 15 is 0 Å². The molecule has 1 aliphatic rings. The quantitative estimate of drug-likeness (QED) is 0.876. The van der Waals surface area contributed by atoms with Gasteiger partial charge in [-0.05, 0) is 40.0 Å². The number of hydrogen-bond donors (Lipinski definition) is 1. The average molecular weight is 318 g/mol. The predicted octanol–water partition coefficient (Wildman–Crippen LogP) is 2.48. The molecule has 1 fully saturated rings. The van der Waals surface area contributed by atoms with E-state index in [-0.39, 0.29) is 17.7 Å². The largest absolute Gasteiger partial charge is 0.444 e. The van der Waals surface area contributed by atoms with Crippen molar-refractivity contribution in [2.24, 2.45) is 0 Å². The summed E-state index contributed by atoms with van der Waals surface area (Å²) >= 11 is 0. The topological polar surface area (TPSA) is 79.7 Å². The molecule has 23 heavy (non-hydrogen) atoms. The van der Waals surface area contributed by atoms with Crippen LogP contribution < -0.4 is 5.56 Å². The van der Waals surface area contributed by atoms with Crippen LogP contribution in [0, 0.1) is 0 Å². The molecule has 1 saturated heterocycles. The molecule has 2 aromatic heterocycles. The van der Waals surface area contributed by atoms with E-state index in [1.54, 1.807) is 15.6 Å². The number of aromatic amines is 1. The normalized spacial score (nSPS) is 19.1. The molecule has 1 aliphatic heterocycles. The van der Waals surface area contributed by atoms with Crippen LogP contribution in [0.5, 0.6) is 0 Å². The molecule has 1 N–H and O–H groups in total. The van der Waals surface area contributed by atoms with Crippen molar-refractivity contribution in [3.05, 3.63) is 34.4 Å². The third kappa shape index (κ3) is 3.38. The highest BCUT2D eigenvalue weighted by Crippen LogP contribution is 2.31. The molecule has 2 aromatic rings. The van der Waals surface area contributed by atoms with Gasteiger partial charge in [0, 0.05) is 24.9 Å². The van der Waals surface area contributed by atoms with Crippen LogP contribution in [-0.4, -0.2) is 37.7 Å². The minimum absolute atomic E-state index is 0.123. The lowest BCUT2D eigenvalue weighted by Gasteiger charge is -2.35. The van der Waals surface area contributed by atoms with Gasteiger partial charge in [-0.25, -0.2) is 9.31 Å². The Hall–Kier alpha value is -2.31. The number of fused-ring (bicyclic) bond motifs is 1. The van der Waals surface area contributed by atoms with Crippen LogP contribution in [0.1, 0.15) is 51.8 Å². The van der Waals surface area contributed by atoms with E-state index in [4.69, 9.17) is 4.74 Å². The highest BCUT2D eigenvalue weighted by molar-refractivity contribution is 5.69. The maximum Gasteiger partial charge on any atom is 0.410 e. The number of hydrogen-bond acceptors (Lipinski definition) is 4. The third-order valence-electron chi connectivity index (χ3n) is 3.85. The second-order valence-corrected chi connectivity index (χ2v) is 6.89. The summed E-state index contributed by atoms with van der Waals surface area (Å²) in [7, 11) is 0. The van der Waals surface area contributed by atoms with Crippen LogP contribution in [0.3, 0.4) is 0 Å². The second-order valence-electron chi connectivity index (χ2n) is 6.89. The molecule has 0 aromatic carbocycles. The summed E-state index contributed by atoms with van der Waals surface area (Å²) in [5.41, 5.74) is 0.708. The molecule has 124 valence electrons. The van der Waals surface area contributed by atoms with E-state index in [9.17, 15) is 9.59 Å². The summed E-state index contributed by atoms with van der Waals surface area (Å²) in [6.45, 7) is 6.24. The monoisotopic (exact) mass is 318 g/mol. The summed E-state index contributed by atoms with van der Waals surface area (Å²) in [5, 5.41) is 4.50. The molecule has 1 unspecified atom stereocenters. The number of rotatable bonds is 1. The van der Waals surface area contributed by atoms with E-state index < -0.39 is 5.60 Å². The summed E-state index contributed by atoms with van der Waals surface area (Å²) in [6.07, 6.45) is 4.15. The maximum absolute atomic E-state index is 12.5. The number of likely N-dealkylation sites (tertiary alicyclic amines) is 1. The summed E-state index contributed by atoms with van der Waals surface area (Å²) in [6, 6.07) is 3.13. The zero-order valence-electron chi connectivity index (χ0n) is 13.7. The molecule has 0 saturated carbocycles. The SMILES string of the molecule is CC(C)(C)OC(=O)N1CCCCC1c1cc2[nH]c(=O)ccn2n1. The van der Waals surface area contributed by atoms with Gasteiger partial charge in [0.1, 0.15) is 11.2 Å². The molecule has 0 radical (unpaired) electrons. The minimum Gasteiger partial charge on any atom is -0.444 e. The first-order valence-electron chi connectivity index (χ1n) is 7.92. The zero-order chi connectivity index (χ0) is 16.6. The maximum atomic E-state index is 12.5. The Morgan fingerprint density at radius 3 is 2.91 bits per heavy atom. The van der Waals surface area contributed by atoms with Gasteiger partial charge in [0.05, 0.1) is 11.7 Å². The van der Waals surface area contributed by atoms with Crippen LogP contribution in [0.15, 0.2) is 23.1 Å². The van der Waals surface area contributed by atoms with Gasteiger partial charge in [-0.1, -0.05) is 0 Å². The van der Waals surface area contributed by atoms with Crippen molar-refractivity contribution in [1.82, 2.24) is 19.5 Å². The Labute approximate surface area is 134 Å². The Bertz CT molecular complexity index is 771. The van der Waals surface area contributed by atoms with Crippen molar-refractivity contribution in [3.8, 4) is 0 Å². The van der Waals surface area contributed by atoms with Gasteiger partial charge in [0.25, 0.3) is 5.56 Å². The van der Waals surface area contributed by atoms with Crippen molar-refractivity contribution in [2.75, 3.05) is 6.54 Å². The van der Waals surface area contributed by atoms with Gasteiger partial charge in [-0.2, -0.15) is 5.10 Å². The van der Waals surface area contributed by atoms with Gasteiger partial charge in [-0.15, -0.1) is 0 Å². The number of aromatic nitrogens is 3. The van der Waals surface area contributed by atoms with Crippen LogP contribution in [0.25, 0.3) is 5.65 Å². The van der Waals surface area contributed by atoms with Crippen molar-refractivity contribution >= 4 is 11.7 Å². The third-order valence-corrected chi connectivity index (χ3v) is 3.85. The van der Waals surface area contributed by atoms with Crippen LogP contribution in [0.4, 0.5) is 4.79 Å². The highest BCUT2D eigenvalue weighted by atomic mass is 16.6. The number of piperidine rings is 1. The average Bonchev–Trinajstić information content (AvgIpc) is 2.88. The number of amides is 1. The van der Waals surface area contributed by atoms with Gasteiger partial charge in [0.15, 0.2) is 0 Å². The van der Waals surface area contributed by atoms with Crippen molar-refractivity contribution in [2.45, 2.75) is 51.7 Å². The number of H-pyrrole nitrogens is 1.